The summed E-state index contributed by atoms with van der Waals surface area (Å²) in [5.41, 5.74) is 2.10. The van der Waals surface area contributed by atoms with E-state index < -0.39 is 28.5 Å². The summed E-state index contributed by atoms with van der Waals surface area (Å²) in [5, 5.41) is 2.82. The fraction of sp³-hybridized carbons (Fsp3) is 0.481. The van der Waals surface area contributed by atoms with Crippen LogP contribution in [0.15, 0.2) is 48.5 Å². The number of amides is 2. The molecule has 0 saturated heterocycles. The van der Waals surface area contributed by atoms with Crippen LogP contribution in [-0.2, 0) is 31.6 Å². The number of nitrogens with zero attached hydrogens (tertiary/aromatic N) is 2. The number of sulfonamides is 1. The Balaban J connectivity index is 2.40. The van der Waals surface area contributed by atoms with Crippen molar-refractivity contribution in [1.29, 1.82) is 0 Å². The van der Waals surface area contributed by atoms with Gasteiger partial charge >= 0.3 is 0 Å². The van der Waals surface area contributed by atoms with E-state index in [1.54, 1.807) is 44.4 Å². The van der Waals surface area contributed by atoms with Crippen molar-refractivity contribution >= 4 is 27.5 Å². The lowest BCUT2D eigenvalue weighted by molar-refractivity contribution is -0.139. The number of methoxy groups -OCH3 is 1. The van der Waals surface area contributed by atoms with Gasteiger partial charge in [-0.2, -0.15) is 0 Å². The molecule has 2 rings (SSSR count). The zero-order valence-corrected chi connectivity index (χ0v) is 23.2. The van der Waals surface area contributed by atoms with Crippen molar-refractivity contribution in [1.82, 2.24) is 10.2 Å². The molecule has 0 saturated carbocycles. The molecule has 1 unspecified atom stereocenters. The second kappa shape index (κ2) is 12.3. The monoisotopic (exact) mass is 517 g/mol. The predicted molar refractivity (Wildman–Crippen MR) is 144 cm³/mol. The van der Waals surface area contributed by atoms with Crippen molar-refractivity contribution in [3.05, 3.63) is 59.7 Å². The van der Waals surface area contributed by atoms with Crippen molar-refractivity contribution in [2.45, 2.75) is 59.0 Å². The van der Waals surface area contributed by atoms with Gasteiger partial charge in [-0.25, -0.2) is 8.42 Å². The van der Waals surface area contributed by atoms with Gasteiger partial charge in [0.1, 0.15) is 18.3 Å². The molecule has 2 aromatic carbocycles. The first kappa shape index (κ1) is 29.2. The largest absolute Gasteiger partial charge is 0.497 e. The number of hydrogen-bond acceptors (Lipinski definition) is 5. The van der Waals surface area contributed by atoms with E-state index in [9.17, 15) is 18.0 Å². The smallest absolute Gasteiger partial charge is 0.244 e. The molecule has 0 bridgehead atoms. The maximum atomic E-state index is 13.6. The van der Waals surface area contributed by atoms with Crippen LogP contribution < -0.4 is 14.4 Å². The topological polar surface area (TPSA) is 96.0 Å². The molecule has 0 aliphatic carbocycles. The number of anilines is 1. The lowest BCUT2D eigenvalue weighted by Crippen LogP contribution is -2.51. The van der Waals surface area contributed by atoms with Crippen LogP contribution in [0.25, 0.3) is 0 Å². The minimum absolute atomic E-state index is 0.0981. The average molecular weight is 518 g/mol. The van der Waals surface area contributed by atoms with Gasteiger partial charge in [0.25, 0.3) is 0 Å². The summed E-state index contributed by atoms with van der Waals surface area (Å²) in [6.07, 6.45) is 1.83. The Morgan fingerprint density at radius 1 is 1.08 bits per heavy atom. The van der Waals surface area contributed by atoms with Gasteiger partial charge in [-0.15, -0.1) is 0 Å². The first-order valence-corrected chi connectivity index (χ1v) is 13.9. The lowest BCUT2D eigenvalue weighted by atomic mass is 9.87. The number of carbonyl (C=O) groups is 2. The van der Waals surface area contributed by atoms with Crippen LogP contribution in [0, 0.1) is 0 Å². The Morgan fingerprint density at radius 2 is 1.72 bits per heavy atom. The maximum absolute atomic E-state index is 13.6. The molecule has 2 aromatic rings. The molecule has 198 valence electrons. The fourth-order valence-electron chi connectivity index (χ4n) is 3.69. The Hall–Kier alpha value is -3.07. The molecule has 9 heteroatoms. The van der Waals surface area contributed by atoms with Crippen LogP contribution in [0.4, 0.5) is 5.69 Å². The number of rotatable bonds is 11. The molecule has 1 N–H and O–H groups in total. The molecule has 0 aromatic heterocycles. The zero-order chi connectivity index (χ0) is 27.1. The van der Waals surface area contributed by atoms with Gasteiger partial charge in [0.05, 0.1) is 19.1 Å². The molecule has 0 aliphatic rings. The van der Waals surface area contributed by atoms with Crippen LogP contribution in [0.5, 0.6) is 5.75 Å². The summed E-state index contributed by atoms with van der Waals surface area (Å²) >= 11 is 0. The van der Waals surface area contributed by atoms with Crippen LogP contribution >= 0.6 is 0 Å². The van der Waals surface area contributed by atoms with Gasteiger partial charge in [0.15, 0.2) is 0 Å². The lowest BCUT2D eigenvalue weighted by Gasteiger charge is -2.31. The first-order chi connectivity index (χ1) is 16.8. The van der Waals surface area contributed by atoms with E-state index in [4.69, 9.17) is 4.74 Å². The van der Waals surface area contributed by atoms with E-state index in [-0.39, 0.29) is 17.9 Å². The van der Waals surface area contributed by atoms with Gasteiger partial charge < -0.3 is 15.0 Å². The molecular weight excluding hydrogens is 478 g/mol. The molecule has 0 radical (unpaired) electrons. The maximum Gasteiger partial charge on any atom is 0.244 e. The second-order valence-electron chi connectivity index (χ2n) is 9.91. The summed E-state index contributed by atoms with van der Waals surface area (Å²) in [7, 11) is -2.22. The van der Waals surface area contributed by atoms with Gasteiger partial charge in [-0.05, 0) is 54.2 Å². The van der Waals surface area contributed by atoms with E-state index >= 15 is 0 Å². The van der Waals surface area contributed by atoms with Crippen molar-refractivity contribution in [2.24, 2.45) is 0 Å². The van der Waals surface area contributed by atoms with Crippen LogP contribution in [0.2, 0.25) is 0 Å². The summed E-state index contributed by atoms with van der Waals surface area (Å²) in [4.78, 5) is 27.8. The van der Waals surface area contributed by atoms with E-state index in [1.807, 2.05) is 25.1 Å². The third-order valence-corrected chi connectivity index (χ3v) is 7.04. The van der Waals surface area contributed by atoms with Crippen LogP contribution in [0.3, 0.4) is 0 Å². The molecule has 0 heterocycles. The highest BCUT2D eigenvalue weighted by molar-refractivity contribution is 7.92. The van der Waals surface area contributed by atoms with E-state index in [2.05, 4.69) is 26.1 Å². The van der Waals surface area contributed by atoms with Crippen molar-refractivity contribution in [3.63, 3.8) is 0 Å². The molecule has 0 spiro atoms. The number of carbonyl (C=O) groups excluding carboxylic acids is 2. The molecule has 2 amide bonds. The quantitative estimate of drug-likeness (QED) is 0.490. The molecule has 36 heavy (non-hydrogen) atoms. The molecule has 0 fully saturated rings. The molecule has 1 atom stereocenters. The summed E-state index contributed by atoms with van der Waals surface area (Å²) in [5.74, 6) is -0.157. The second-order valence-corrected chi connectivity index (χ2v) is 11.8. The van der Waals surface area contributed by atoms with E-state index in [0.717, 1.165) is 28.1 Å². The van der Waals surface area contributed by atoms with Gasteiger partial charge in [0, 0.05) is 13.1 Å². The van der Waals surface area contributed by atoms with Crippen LogP contribution in [-0.4, -0.2) is 57.6 Å². The van der Waals surface area contributed by atoms with Gasteiger partial charge in [0.2, 0.25) is 21.8 Å². The highest BCUT2D eigenvalue weighted by Gasteiger charge is 2.30. The first-order valence-electron chi connectivity index (χ1n) is 12.1. The Kier molecular flexibility index (Phi) is 9.93. The van der Waals surface area contributed by atoms with E-state index in [0.29, 0.717) is 18.0 Å². The molecular formula is C27H39N3O5S. The highest BCUT2D eigenvalue weighted by atomic mass is 32.2. The standard InChI is InChI=1S/C27H39N3O5S/c1-8-16-28-26(32)20(2)29(18-21-10-9-11-24(17-21)35-6)25(31)19-30(36(7,33)34)23-14-12-22(13-15-23)27(3,4)5/h9-15,17,20H,8,16,18-19H2,1-7H3,(H,28,32). The third-order valence-electron chi connectivity index (χ3n) is 5.90. The van der Waals surface area contributed by atoms with Crippen molar-refractivity contribution in [3.8, 4) is 5.75 Å². The van der Waals surface area contributed by atoms with Gasteiger partial charge in [-0.1, -0.05) is 52.0 Å². The minimum atomic E-state index is -3.77. The predicted octanol–water partition coefficient (Wildman–Crippen LogP) is 3.70. The normalized spacial score (nSPS) is 12.5. The number of nitrogens with one attached hydrogen (secondary N) is 1. The minimum Gasteiger partial charge on any atom is -0.497 e. The zero-order valence-electron chi connectivity index (χ0n) is 22.4. The average Bonchev–Trinajstić information content (AvgIpc) is 2.82. The molecule has 8 nitrogen and oxygen atoms in total. The summed E-state index contributed by atoms with van der Waals surface area (Å²) in [6, 6.07) is 13.6. The van der Waals surface area contributed by atoms with E-state index in [1.165, 1.54) is 4.90 Å². The SMILES string of the molecule is CCCNC(=O)C(C)N(Cc1cccc(OC)c1)C(=O)CN(c1ccc(C(C)(C)C)cc1)S(C)(=O)=O. The highest BCUT2D eigenvalue weighted by Crippen LogP contribution is 2.26. The summed E-state index contributed by atoms with van der Waals surface area (Å²) < 4.78 is 31.8. The number of ether oxygens (including phenoxy) is 1. The Bertz CT molecular complexity index is 1140. The van der Waals surface area contributed by atoms with Crippen LogP contribution in [0.1, 0.15) is 52.2 Å². The Labute approximate surface area is 215 Å². The third kappa shape index (κ3) is 7.98. The van der Waals surface area contributed by atoms with Crippen molar-refractivity contribution in [2.75, 3.05) is 30.8 Å². The fourth-order valence-corrected chi connectivity index (χ4v) is 4.54. The Morgan fingerprint density at radius 3 is 2.25 bits per heavy atom. The van der Waals surface area contributed by atoms with Crippen molar-refractivity contribution < 1.29 is 22.7 Å². The van der Waals surface area contributed by atoms with Gasteiger partial charge in [-0.3, -0.25) is 13.9 Å². The molecule has 0 aliphatic heterocycles. The number of benzene rings is 2. The number of hydrogen-bond donors (Lipinski definition) is 1. The summed E-state index contributed by atoms with van der Waals surface area (Å²) in [6.45, 7) is 9.98.